The summed E-state index contributed by atoms with van der Waals surface area (Å²) in [6.45, 7) is 2.73. The predicted octanol–water partition coefficient (Wildman–Crippen LogP) is 1.02. The molecule has 20 heavy (non-hydrogen) atoms. The van der Waals surface area contributed by atoms with E-state index >= 15 is 0 Å². The highest BCUT2D eigenvalue weighted by atomic mass is 32.1. The van der Waals surface area contributed by atoms with E-state index in [9.17, 15) is 4.79 Å². The monoisotopic (exact) mass is 294 g/mol. The lowest BCUT2D eigenvalue weighted by Gasteiger charge is -1.96. The molecule has 0 saturated heterocycles. The lowest BCUT2D eigenvalue weighted by Crippen LogP contribution is -2.06. The molecule has 2 rings (SSSR count). The zero-order chi connectivity index (χ0) is 14.4. The fraction of sp³-hybridized carbons (Fsp3) is 0.500. The predicted molar refractivity (Wildman–Crippen MR) is 77.5 cm³/mol. The maximum atomic E-state index is 10.9. The molecule has 0 aliphatic carbocycles. The van der Waals surface area contributed by atoms with Crippen LogP contribution in [-0.2, 0) is 17.8 Å². The van der Waals surface area contributed by atoms with Crippen LogP contribution >= 0.6 is 11.3 Å². The van der Waals surface area contributed by atoms with E-state index in [1.807, 2.05) is 11.6 Å². The number of carbonyl (C=O) groups is 1. The van der Waals surface area contributed by atoms with Crippen molar-refractivity contribution in [3.05, 3.63) is 23.0 Å². The normalized spacial score (nSPS) is 10.7. The smallest absolute Gasteiger partial charge is 0.223 e. The number of carbonyl (C=O) groups excluding carboxylic acids is 1. The Morgan fingerprint density at radius 1 is 1.45 bits per heavy atom. The van der Waals surface area contributed by atoms with Crippen LogP contribution in [0.25, 0.3) is 0 Å². The number of hydrogen-bond acceptors (Lipinski definition) is 6. The van der Waals surface area contributed by atoms with Crippen LogP contribution in [0.3, 0.4) is 0 Å². The molecule has 0 bridgehead atoms. The Balaban J connectivity index is 1.89. The maximum absolute atomic E-state index is 10.9. The van der Waals surface area contributed by atoms with Crippen molar-refractivity contribution < 1.29 is 4.79 Å². The molecule has 3 N–H and O–H groups in total. The Hall–Kier alpha value is -1.80. The number of anilines is 1. The van der Waals surface area contributed by atoms with E-state index in [1.165, 1.54) is 18.3 Å². The molecule has 0 fully saturated rings. The molecule has 2 aromatic rings. The second-order valence-corrected chi connectivity index (χ2v) is 5.34. The summed E-state index contributed by atoms with van der Waals surface area (Å²) in [4.78, 5) is 15.2. The number of aryl methyl sites for hydroxylation is 1. The summed E-state index contributed by atoms with van der Waals surface area (Å²) < 4.78 is 1.75. The lowest BCUT2D eigenvalue weighted by molar-refractivity contribution is -0.114. The highest BCUT2D eigenvalue weighted by Gasteiger charge is 2.06. The fourth-order valence-corrected chi connectivity index (χ4v) is 2.48. The third kappa shape index (κ3) is 4.39. The Labute approximate surface area is 121 Å². The van der Waals surface area contributed by atoms with Crippen LogP contribution in [0.5, 0.6) is 0 Å². The third-order valence-electron chi connectivity index (χ3n) is 2.63. The average Bonchev–Trinajstić information content (AvgIpc) is 3.00. The van der Waals surface area contributed by atoms with Crippen molar-refractivity contribution >= 4 is 22.4 Å². The fourth-order valence-electron chi connectivity index (χ4n) is 1.73. The van der Waals surface area contributed by atoms with E-state index in [0.29, 0.717) is 18.2 Å². The van der Waals surface area contributed by atoms with Gasteiger partial charge >= 0.3 is 0 Å². The number of nitrogens with one attached hydrogen (secondary N) is 1. The number of aromatic nitrogens is 4. The van der Waals surface area contributed by atoms with Crippen molar-refractivity contribution in [3.63, 3.8) is 0 Å². The second kappa shape index (κ2) is 7.11. The van der Waals surface area contributed by atoms with E-state index in [4.69, 9.17) is 5.73 Å². The number of hydrogen-bond donors (Lipinski definition) is 2. The first kappa shape index (κ1) is 14.6. The zero-order valence-electron chi connectivity index (χ0n) is 11.4. The highest BCUT2D eigenvalue weighted by Crippen LogP contribution is 2.16. The Morgan fingerprint density at radius 3 is 3.05 bits per heavy atom. The third-order valence-corrected chi connectivity index (χ3v) is 3.44. The van der Waals surface area contributed by atoms with Gasteiger partial charge in [0.1, 0.15) is 0 Å². The summed E-state index contributed by atoms with van der Waals surface area (Å²) in [7, 11) is 0. The van der Waals surface area contributed by atoms with Gasteiger partial charge in [-0.1, -0.05) is 5.21 Å². The SMILES string of the molecule is CC(=O)Nc1nc(Cn2cc(CCCCN)nn2)cs1. The molecule has 2 aromatic heterocycles. The Kier molecular flexibility index (Phi) is 5.19. The van der Waals surface area contributed by atoms with E-state index in [2.05, 4.69) is 20.6 Å². The first-order chi connectivity index (χ1) is 9.67. The van der Waals surface area contributed by atoms with Crippen LogP contribution in [0.15, 0.2) is 11.6 Å². The van der Waals surface area contributed by atoms with Crippen molar-refractivity contribution in [2.75, 3.05) is 11.9 Å². The van der Waals surface area contributed by atoms with Crippen molar-refractivity contribution in [2.45, 2.75) is 32.7 Å². The Bertz CT molecular complexity index is 564. The van der Waals surface area contributed by atoms with E-state index in [1.54, 1.807) is 4.68 Å². The summed E-state index contributed by atoms with van der Waals surface area (Å²) in [6.07, 6.45) is 4.84. The first-order valence-electron chi connectivity index (χ1n) is 6.48. The summed E-state index contributed by atoms with van der Waals surface area (Å²) >= 11 is 1.40. The molecule has 108 valence electrons. The van der Waals surface area contributed by atoms with Gasteiger partial charge in [-0.05, 0) is 25.8 Å². The largest absolute Gasteiger partial charge is 0.330 e. The van der Waals surface area contributed by atoms with Crippen molar-refractivity contribution in [1.82, 2.24) is 20.0 Å². The van der Waals surface area contributed by atoms with E-state index in [0.717, 1.165) is 30.7 Å². The minimum Gasteiger partial charge on any atom is -0.330 e. The summed E-state index contributed by atoms with van der Waals surface area (Å²) in [5, 5.41) is 13.4. The molecule has 1 amide bonds. The number of unbranched alkanes of at least 4 members (excludes halogenated alkanes) is 1. The minimum absolute atomic E-state index is 0.117. The number of rotatable bonds is 7. The number of nitrogens with zero attached hydrogens (tertiary/aromatic N) is 4. The molecule has 8 heteroatoms. The molecule has 0 atom stereocenters. The van der Waals surface area contributed by atoms with Gasteiger partial charge in [0.25, 0.3) is 0 Å². The standard InChI is InChI=1S/C12H18N6OS/c1-9(19)14-12-15-11(8-20-12)7-18-6-10(16-17-18)4-2-3-5-13/h6,8H,2-5,7,13H2,1H3,(H,14,15,19). The highest BCUT2D eigenvalue weighted by molar-refractivity contribution is 7.13. The van der Waals surface area contributed by atoms with Crippen LogP contribution in [0.1, 0.15) is 31.2 Å². The topological polar surface area (TPSA) is 98.7 Å². The molecule has 0 unspecified atom stereocenters. The Morgan fingerprint density at radius 2 is 2.30 bits per heavy atom. The molecule has 0 radical (unpaired) electrons. The molecular weight excluding hydrogens is 276 g/mol. The lowest BCUT2D eigenvalue weighted by atomic mass is 10.2. The van der Waals surface area contributed by atoms with Crippen LogP contribution in [0, 0.1) is 0 Å². The van der Waals surface area contributed by atoms with Crippen molar-refractivity contribution in [3.8, 4) is 0 Å². The molecule has 0 spiro atoms. The van der Waals surface area contributed by atoms with E-state index in [-0.39, 0.29) is 5.91 Å². The second-order valence-electron chi connectivity index (χ2n) is 4.48. The summed E-state index contributed by atoms with van der Waals surface area (Å²) in [5.74, 6) is -0.117. The average molecular weight is 294 g/mol. The first-order valence-corrected chi connectivity index (χ1v) is 7.36. The van der Waals surface area contributed by atoms with E-state index < -0.39 is 0 Å². The zero-order valence-corrected chi connectivity index (χ0v) is 12.2. The maximum Gasteiger partial charge on any atom is 0.223 e. The van der Waals surface area contributed by atoms with Gasteiger partial charge < -0.3 is 11.1 Å². The van der Waals surface area contributed by atoms with Gasteiger partial charge in [-0.25, -0.2) is 9.67 Å². The van der Waals surface area contributed by atoms with Crippen LogP contribution in [0.2, 0.25) is 0 Å². The van der Waals surface area contributed by atoms with Crippen molar-refractivity contribution in [2.24, 2.45) is 5.73 Å². The van der Waals surface area contributed by atoms with Gasteiger partial charge in [-0.2, -0.15) is 0 Å². The van der Waals surface area contributed by atoms with Gasteiger partial charge in [0.05, 0.1) is 17.9 Å². The van der Waals surface area contributed by atoms with Crippen LogP contribution < -0.4 is 11.1 Å². The molecule has 0 aliphatic rings. The quantitative estimate of drug-likeness (QED) is 0.743. The van der Waals surface area contributed by atoms with Gasteiger partial charge in [0, 0.05) is 18.5 Å². The van der Waals surface area contributed by atoms with Gasteiger partial charge in [-0.3, -0.25) is 4.79 Å². The molecule has 0 aromatic carbocycles. The molecule has 2 heterocycles. The molecule has 0 aliphatic heterocycles. The van der Waals surface area contributed by atoms with Crippen LogP contribution in [-0.4, -0.2) is 32.4 Å². The van der Waals surface area contributed by atoms with Gasteiger partial charge in [0.2, 0.25) is 5.91 Å². The van der Waals surface area contributed by atoms with Gasteiger partial charge in [0.15, 0.2) is 5.13 Å². The number of nitrogens with two attached hydrogens (primary N) is 1. The minimum atomic E-state index is -0.117. The number of thiazole rings is 1. The molecular formula is C12H18N6OS. The molecule has 7 nitrogen and oxygen atoms in total. The molecule has 0 saturated carbocycles. The van der Waals surface area contributed by atoms with Gasteiger partial charge in [-0.15, -0.1) is 16.4 Å². The van der Waals surface area contributed by atoms with Crippen LogP contribution in [0.4, 0.5) is 5.13 Å². The van der Waals surface area contributed by atoms with Crippen molar-refractivity contribution in [1.29, 1.82) is 0 Å². The number of amides is 1. The summed E-state index contributed by atoms with van der Waals surface area (Å²) in [6, 6.07) is 0. The summed E-state index contributed by atoms with van der Waals surface area (Å²) in [5.41, 5.74) is 7.29.